The normalized spacial score (nSPS) is 22.4. The van der Waals surface area contributed by atoms with Crippen molar-refractivity contribution in [2.24, 2.45) is 11.7 Å². The molecule has 1 aromatic carbocycles. The molecule has 2 aromatic rings. The maximum Gasteiger partial charge on any atom is 0.231 e. The SMILES string of the molecule is NC1COCC1C(=O)Nc1c(Cl)cc(Cl)c2nsnc12. The zero-order valence-electron chi connectivity index (χ0n) is 10.1. The molecule has 3 rings (SSSR count). The summed E-state index contributed by atoms with van der Waals surface area (Å²) in [5.41, 5.74) is 7.23. The molecule has 1 aliphatic heterocycles. The van der Waals surface area contributed by atoms with E-state index in [2.05, 4.69) is 14.1 Å². The highest BCUT2D eigenvalue weighted by molar-refractivity contribution is 7.00. The summed E-state index contributed by atoms with van der Waals surface area (Å²) in [6.07, 6.45) is 0. The van der Waals surface area contributed by atoms with Crippen LogP contribution in [0.3, 0.4) is 0 Å². The summed E-state index contributed by atoms with van der Waals surface area (Å²) < 4.78 is 13.4. The number of carbonyl (C=O) groups excluding carboxylic acids is 1. The van der Waals surface area contributed by atoms with Crippen molar-refractivity contribution >= 4 is 57.6 Å². The van der Waals surface area contributed by atoms with Crippen molar-refractivity contribution in [3.63, 3.8) is 0 Å². The quantitative estimate of drug-likeness (QED) is 0.876. The monoisotopic (exact) mass is 332 g/mol. The number of anilines is 1. The lowest BCUT2D eigenvalue weighted by Crippen LogP contribution is -2.37. The first kappa shape index (κ1) is 14.0. The van der Waals surface area contributed by atoms with Crippen LogP contribution < -0.4 is 11.1 Å². The van der Waals surface area contributed by atoms with Gasteiger partial charge in [0, 0.05) is 6.04 Å². The van der Waals surface area contributed by atoms with Crippen molar-refractivity contribution in [1.29, 1.82) is 0 Å². The maximum atomic E-state index is 12.2. The second kappa shape index (κ2) is 5.42. The summed E-state index contributed by atoms with van der Waals surface area (Å²) in [6, 6.07) is 1.22. The Kier molecular flexibility index (Phi) is 3.78. The summed E-state index contributed by atoms with van der Waals surface area (Å²) in [5, 5.41) is 3.47. The van der Waals surface area contributed by atoms with Crippen LogP contribution in [0.2, 0.25) is 10.0 Å². The number of amides is 1. The van der Waals surface area contributed by atoms with Crippen LogP contribution in [0, 0.1) is 5.92 Å². The Morgan fingerprint density at radius 1 is 1.35 bits per heavy atom. The molecule has 1 amide bonds. The summed E-state index contributed by atoms with van der Waals surface area (Å²) in [6.45, 7) is 0.677. The Labute approximate surface area is 128 Å². The number of hydrogen-bond acceptors (Lipinski definition) is 6. The van der Waals surface area contributed by atoms with Crippen molar-refractivity contribution in [3.05, 3.63) is 16.1 Å². The van der Waals surface area contributed by atoms with Crippen LogP contribution in [-0.4, -0.2) is 33.9 Å². The second-order valence-electron chi connectivity index (χ2n) is 4.47. The minimum absolute atomic E-state index is 0.242. The molecule has 1 aliphatic rings. The molecule has 1 saturated heterocycles. The first-order valence-electron chi connectivity index (χ1n) is 5.82. The fourth-order valence-corrected chi connectivity index (χ4v) is 3.21. The lowest BCUT2D eigenvalue weighted by atomic mass is 10.0. The molecular formula is C11H10Cl2N4O2S. The third-order valence-electron chi connectivity index (χ3n) is 3.15. The number of ether oxygens (including phenoxy) is 1. The molecule has 3 N–H and O–H groups in total. The third kappa shape index (κ3) is 2.36. The third-order valence-corrected chi connectivity index (χ3v) is 4.27. The van der Waals surface area contributed by atoms with E-state index in [0.717, 1.165) is 11.7 Å². The minimum Gasteiger partial charge on any atom is -0.379 e. The van der Waals surface area contributed by atoms with Gasteiger partial charge in [-0.2, -0.15) is 8.75 Å². The van der Waals surface area contributed by atoms with E-state index in [1.807, 2.05) is 0 Å². The molecule has 0 aliphatic carbocycles. The fraction of sp³-hybridized carbons (Fsp3) is 0.364. The van der Waals surface area contributed by atoms with Crippen molar-refractivity contribution in [1.82, 2.24) is 8.75 Å². The molecule has 9 heteroatoms. The Hall–Kier alpha value is -0.990. The standard InChI is InChI=1S/C11H10Cl2N4O2S/c12-5-1-6(13)9-10(17-20-16-9)8(5)15-11(18)4-2-19-3-7(4)14/h1,4,7H,2-3,14H2,(H,15,18). The summed E-state index contributed by atoms with van der Waals surface area (Å²) in [7, 11) is 0. The molecule has 0 radical (unpaired) electrons. The smallest absolute Gasteiger partial charge is 0.231 e. The first-order valence-corrected chi connectivity index (χ1v) is 7.31. The molecule has 1 fully saturated rings. The topological polar surface area (TPSA) is 90.1 Å². The van der Waals surface area contributed by atoms with Crippen LogP contribution in [0.15, 0.2) is 6.07 Å². The van der Waals surface area contributed by atoms with Gasteiger partial charge in [-0.3, -0.25) is 4.79 Å². The molecular weight excluding hydrogens is 323 g/mol. The van der Waals surface area contributed by atoms with Crippen molar-refractivity contribution in [2.45, 2.75) is 6.04 Å². The van der Waals surface area contributed by atoms with Gasteiger partial charge in [-0.25, -0.2) is 0 Å². The van der Waals surface area contributed by atoms with Gasteiger partial charge in [0.1, 0.15) is 11.0 Å². The van der Waals surface area contributed by atoms with E-state index in [1.165, 1.54) is 6.07 Å². The van der Waals surface area contributed by atoms with Crippen LogP contribution in [0.5, 0.6) is 0 Å². The molecule has 2 unspecified atom stereocenters. The largest absolute Gasteiger partial charge is 0.379 e. The number of halogens is 2. The van der Waals surface area contributed by atoms with E-state index >= 15 is 0 Å². The van der Waals surface area contributed by atoms with Crippen molar-refractivity contribution in [3.8, 4) is 0 Å². The van der Waals surface area contributed by atoms with E-state index in [0.29, 0.717) is 40.0 Å². The number of nitrogens with one attached hydrogen (secondary N) is 1. The second-order valence-corrected chi connectivity index (χ2v) is 5.82. The Morgan fingerprint density at radius 2 is 2.10 bits per heavy atom. The molecule has 2 heterocycles. The highest BCUT2D eigenvalue weighted by Crippen LogP contribution is 2.35. The van der Waals surface area contributed by atoms with E-state index in [9.17, 15) is 4.79 Å². The average molecular weight is 333 g/mol. The highest BCUT2D eigenvalue weighted by atomic mass is 35.5. The number of fused-ring (bicyclic) bond motifs is 1. The zero-order valence-corrected chi connectivity index (χ0v) is 12.4. The summed E-state index contributed by atoms with van der Waals surface area (Å²) in [5.74, 6) is -0.642. The molecule has 6 nitrogen and oxygen atoms in total. The highest BCUT2D eigenvalue weighted by Gasteiger charge is 2.32. The number of hydrogen-bond donors (Lipinski definition) is 2. The molecule has 1 aromatic heterocycles. The van der Waals surface area contributed by atoms with Gasteiger partial charge < -0.3 is 15.8 Å². The summed E-state index contributed by atoms with van der Waals surface area (Å²) in [4.78, 5) is 12.2. The maximum absolute atomic E-state index is 12.2. The Balaban J connectivity index is 1.94. The van der Waals surface area contributed by atoms with Crippen LogP contribution in [0.4, 0.5) is 5.69 Å². The predicted octanol–water partition coefficient (Wildman–Crippen LogP) is 1.91. The average Bonchev–Trinajstić information content (AvgIpc) is 3.02. The Bertz CT molecular complexity index is 678. The van der Waals surface area contributed by atoms with Gasteiger partial charge in [0.05, 0.1) is 46.6 Å². The number of rotatable bonds is 2. The molecule has 106 valence electrons. The van der Waals surface area contributed by atoms with Gasteiger partial charge in [0.25, 0.3) is 0 Å². The fourth-order valence-electron chi connectivity index (χ4n) is 2.05. The van der Waals surface area contributed by atoms with E-state index < -0.39 is 5.92 Å². The lowest BCUT2D eigenvalue weighted by molar-refractivity contribution is -0.120. The lowest BCUT2D eigenvalue weighted by Gasteiger charge is -2.14. The molecule has 0 bridgehead atoms. The van der Waals surface area contributed by atoms with Crippen LogP contribution >= 0.6 is 34.9 Å². The molecule has 20 heavy (non-hydrogen) atoms. The number of nitrogens with zero attached hydrogens (tertiary/aromatic N) is 2. The number of carbonyl (C=O) groups is 1. The summed E-state index contributed by atoms with van der Waals surface area (Å²) >= 11 is 13.2. The van der Waals surface area contributed by atoms with Gasteiger partial charge in [0.2, 0.25) is 5.91 Å². The van der Waals surface area contributed by atoms with Gasteiger partial charge >= 0.3 is 0 Å². The van der Waals surface area contributed by atoms with Gasteiger partial charge in [-0.1, -0.05) is 23.2 Å². The van der Waals surface area contributed by atoms with E-state index in [4.69, 9.17) is 33.7 Å². The number of benzene rings is 1. The van der Waals surface area contributed by atoms with Crippen LogP contribution in [0.1, 0.15) is 0 Å². The molecule has 0 spiro atoms. The number of aromatic nitrogens is 2. The van der Waals surface area contributed by atoms with Crippen molar-refractivity contribution < 1.29 is 9.53 Å². The van der Waals surface area contributed by atoms with Crippen LogP contribution in [0.25, 0.3) is 11.0 Å². The molecule has 0 saturated carbocycles. The molecule has 2 atom stereocenters. The zero-order chi connectivity index (χ0) is 14.3. The van der Waals surface area contributed by atoms with Gasteiger partial charge in [-0.05, 0) is 6.07 Å². The van der Waals surface area contributed by atoms with Gasteiger partial charge in [0.15, 0.2) is 0 Å². The van der Waals surface area contributed by atoms with Crippen LogP contribution in [-0.2, 0) is 9.53 Å². The van der Waals surface area contributed by atoms with E-state index in [1.54, 1.807) is 0 Å². The Morgan fingerprint density at radius 3 is 2.80 bits per heavy atom. The van der Waals surface area contributed by atoms with Crippen molar-refractivity contribution in [2.75, 3.05) is 18.5 Å². The van der Waals surface area contributed by atoms with Gasteiger partial charge in [-0.15, -0.1) is 0 Å². The number of nitrogens with two attached hydrogens (primary N) is 1. The minimum atomic E-state index is -0.400. The van der Waals surface area contributed by atoms with E-state index in [-0.39, 0.29) is 11.9 Å². The first-order chi connectivity index (χ1) is 9.58. The predicted molar refractivity (Wildman–Crippen MR) is 78.3 cm³/mol.